The SMILES string of the molecule is CC#N.N#CCl. The van der Waals surface area contributed by atoms with E-state index in [1.54, 1.807) is 6.07 Å². The zero-order chi connectivity index (χ0) is 5.41. The van der Waals surface area contributed by atoms with Crippen LogP contribution in [0, 0.1) is 22.1 Å². The largest absolute Gasteiger partial charge is 0.199 e. The molecule has 0 aliphatic carbocycles. The maximum atomic E-state index is 7.32. The van der Waals surface area contributed by atoms with Gasteiger partial charge in [0.15, 0.2) is 5.53 Å². The average molecular weight is 103 g/mol. The molecule has 0 atom stereocenters. The monoisotopic (exact) mass is 102 g/mol. The lowest BCUT2D eigenvalue weighted by Gasteiger charge is -1.15. The third-order valence-corrected chi connectivity index (χ3v) is 0. The summed E-state index contributed by atoms with van der Waals surface area (Å²) < 4.78 is 0. The van der Waals surface area contributed by atoms with E-state index in [1.807, 2.05) is 0 Å². The molecule has 0 spiro atoms. The molecule has 0 N–H and O–H groups in total. The first-order valence-electron chi connectivity index (χ1n) is 1.14. The zero-order valence-electron chi connectivity index (χ0n) is 3.27. The van der Waals surface area contributed by atoms with Gasteiger partial charge in [-0.3, -0.25) is 0 Å². The van der Waals surface area contributed by atoms with Gasteiger partial charge in [-0.2, -0.15) is 10.5 Å². The molecule has 0 aromatic carbocycles. The lowest BCUT2D eigenvalue weighted by atomic mass is 11.0. The van der Waals surface area contributed by atoms with Crippen LogP contribution in [-0.2, 0) is 0 Å². The van der Waals surface area contributed by atoms with E-state index >= 15 is 0 Å². The van der Waals surface area contributed by atoms with Gasteiger partial charge in [-0.15, -0.1) is 0 Å². The molecule has 6 heavy (non-hydrogen) atoms. The lowest BCUT2D eigenvalue weighted by molar-refractivity contribution is 1.49. The zero-order valence-corrected chi connectivity index (χ0v) is 4.03. The molecule has 0 heterocycles. The summed E-state index contributed by atoms with van der Waals surface area (Å²) in [7, 11) is 0. The highest BCUT2D eigenvalue weighted by Gasteiger charge is 1.23. The molecule has 0 aromatic heterocycles. The van der Waals surface area contributed by atoms with Crippen LogP contribution in [0.1, 0.15) is 6.92 Å². The van der Waals surface area contributed by atoms with Crippen LogP contribution in [0.4, 0.5) is 0 Å². The Bertz CT molecular complexity index is 63.8. The van der Waals surface area contributed by atoms with Crippen molar-refractivity contribution in [2.45, 2.75) is 6.92 Å². The van der Waals surface area contributed by atoms with E-state index in [2.05, 4.69) is 11.6 Å². The van der Waals surface area contributed by atoms with Crippen LogP contribution in [0.15, 0.2) is 0 Å². The molecule has 0 unspecified atom stereocenters. The second kappa shape index (κ2) is 28.3. The third-order valence-electron chi connectivity index (χ3n) is 0. The summed E-state index contributed by atoms with van der Waals surface area (Å²) in [6.45, 7) is 1.43. The van der Waals surface area contributed by atoms with E-state index in [9.17, 15) is 0 Å². The maximum Gasteiger partial charge on any atom is 0.173 e. The molecule has 0 bridgehead atoms. The molecule has 0 fully saturated rings. The fourth-order valence-electron chi connectivity index (χ4n) is 0. The van der Waals surface area contributed by atoms with Crippen molar-refractivity contribution in [1.29, 1.82) is 10.5 Å². The topological polar surface area (TPSA) is 47.6 Å². The van der Waals surface area contributed by atoms with Gasteiger partial charge in [-0.05, 0) is 0 Å². The molecule has 0 amide bonds. The molecule has 0 saturated carbocycles. The fraction of sp³-hybridized carbons (Fsp3) is 0.333. The molecule has 2 nitrogen and oxygen atoms in total. The summed E-state index contributed by atoms with van der Waals surface area (Å²) in [5.74, 6) is 0. The van der Waals surface area contributed by atoms with Crippen LogP contribution in [0.2, 0.25) is 0 Å². The minimum absolute atomic E-state index is 1.22. The van der Waals surface area contributed by atoms with E-state index in [1.165, 1.54) is 12.5 Å². The third kappa shape index (κ3) is 31.6. The van der Waals surface area contributed by atoms with Crippen molar-refractivity contribution < 1.29 is 0 Å². The fourth-order valence-corrected chi connectivity index (χ4v) is 0. The van der Waals surface area contributed by atoms with Gasteiger partial charge in [0.25, 0.3) is 0 Å². The molecule has 0 saturated heterocycles. The highest BCUT2D eigenvalue weighted by Crippen LogP contribution is 1.49. The number of nitriles is 2. The van der Waals surface area contributed by atoms with Crippen molar-refractivity contribution in [3.05, 3.63) is 0 Å². The summed E-state index contributed by atoms with van der Waals surface area (Å²) in [4.78, 5) is 0. The molecular formula is C3H3ClN2. The van der Waals surface area contributed by atoms with Gasteiger partial charge in [0.05, 0.1) is 6.07 Å². The predicted octanol–water partition coefficient (Wildman–Crippen LogP) is 1.24. The Morgan fingerprint density at radius 1 is 1.50 bits per heavy atom. The maximum absolute atomic E-state index is 7.32. The molecule has 32 valence electrons. The molecular weight excluding hydrogens is 99.5 g/mol. The van der Waals surface area contributed by atoms with Gasteiger partial charge >= 0.3 is 0 Å². The summed E-state index contributed by atoms with van der Waals surface area (Å²) >= 11 is 4.30. The van der Waals surface area contributed by atoms with Gasteiger partial charge in [-0.1, -0.05) is 0 Å². The highest BCUT2D eigenvalue weighted by molar-refractivity contribution is 6.28. The van der Waals surface area contributed by atoms with E-state index < -0.39 is 0 Å². The van der Waals surface area contributed by atoms with Crippen LogP contribution >= 0.6 is 11.6 Å². The van der Waals surface area contributed by atoms with Crippen LogP contribution in [0.25, 0.3) is 0 Å². The molecule has 0 aromatic rings. The Morgan fingerprint density at radius 2 is 1.50 bits per heavy atom. The number of hydrogen-bond acceptors (Lipinski definition) is 2. The first-order chi connectivity index (χ1) is 2.83. The van der Waals surface area contributed by atoms with Gasteiger partial charge in [0, 0.05) is 18.5 Å². The molecule has 0 aliphatic heterocycles. The minimum atomic E-state index is 1.22. The molecule has 3 heteroatoms. The summed E-state index contributed by atoms with van der Waals surface area (Å²) in [6.07, 6.45) is 0. The summed E-state index contributed by atoms with van der Waals surface area (Å²) in [5.41, 5.74) is 1.22. The second-order valence-corrected chi connectivity index (χ2v) is 0.477. The van der Waals surface area contributed by atoms with Crippen molar-refractivity contribution in [3.63, 3.8) is 0 Å². The van der Waals surface area contributed by atoms with Gasteiger partial charge in [-0.25, -0.2) is 0 Å². The molecule has 0 aliphatic rings. The van der Waals surface area contributed by atoms with Gasteiger partial charge in [0.1, 0.15) is 0 Å². The lowest BCUT2D eigenvalue weighted by Crippen LogP contribution is -1.10. The van der Waals surface area contributed by atoms with E-state index in [0.717, 1.165) is 0 Å². The molecule has 0 radical (unpaired) electrons. The smallest absolute Gasteiger partial charge is 0.173 e. The Balaban J connectivity index is 0. The number of nitrogens with zero attached hydrogens (tertiary/aromatic N) is 2. The van der Waals surface area contributed by atoms with Crippen LogP contribution in [0.5, 0.6) is 0 Å². The Hall–Kier alpha value is -0.730. The van der Waals surface area contributed by atoms with Crippen LogP contribution < -0.4 is 0 Å². The summed E-state index contributed by atoms with van der Waals surface area (Å²) in [5, 5.41) is 14.4. The van der Waals surface area contributed by atoms with Crippen molar-refractivity contribution in [1.82, 2.24) is 0 Å². The van der Waals surface area contributed by atoms with Gasteiger partial charge in [0.2, 0.25) is 0 Å². The Labute approximate surface area is 41.6 Å². The highest BCUT2D eigenvalue weighted by atomic mass is 35.5. The van der Waals surface area contributed by atoms with Crippen molar-refractivity contribution in [3.8, 4) is 11.6 Å². The van der Waals surface area contributed by atoms with Crippen molar-refractivity contribution >= 4 is 11.6 Å². The number of rotatable bonds is 0. The quantitative estimate of drug-likeness (QED) is 0.462. The minimum Gasteiger partial charge on any atom is -0.199 e. The summed E-state index contributed by atoms with van der Waals surface area (Å²) in [6, 6.07) is 1.75. The molecule has 0 rings (SSSR count). The van der Waals surface area contributed by atoms with Crippen molar-refractivity contribution in [2.24, 2.45) is 0 Å². The Morgan fingerprint density at radius 3 is 1.50 bits per heavy atom. The number of halogens is 1. The average Bonchev–Trinajstić information content (AvgIpc) is 1.39. The van der Waals surface area contributed by atoms with E-state index in [4.69, 9.17) is 10.5 Å². The van der Waals surface area contributed by atoms with E-state index in [0.29, 0.717) is 0 Å². The van der Waals surface area contributed by atoms with Gasteiger partial charge < -0.3 is 0 Å². The number of hydrogen-bond donors (Lipinski definition) is 0. The Kier molecular flexibility index (Phi) is 42.4. The van der Waals surface area contributed by atoms with Crippen LogP contribution in [-0.4, -0.2) is 0 Å². The first kappa shape index (κ1) is 8.99. The standard InChI is InChI=1S/C2H3N.CClN/c1-2-3;2-1-3/h1H3;. The first-order valence-corrected chi connectivity index (χ1v) is 1.51. The normalized spacial score (nSPS) is 2.67. The van der Waals surface area contributed by atoms with Crippen LogP contribution in [0.3, 0.4) is 0 Å². The van der Waals surface area contributed by atoms with Crippen molar-refractivity contribution in [2.75, 3.05) is 0 Å². The second-order valence-electron chi connectivity index (χ2n) is 0.308. The van der Waals surface area contributed by atoms with E-state index in [-0.39, 0.29) is 0 Å². The predicted molar refractivity (Wildman–Crippen MR) is 22.8 cm³/mol.